The van der Waals surface area contributed by atoms with E-state index in [1.165, 1.54) is 12.8 Å². The second-order valence-corrected chi connectivity index (χ2v) is 5.58. The van der Waals surface area contributed by atoms with Crippen LogP contribution in [0.15, 0.2) is 0 Å². The van der Waals surface area contributed by atoms with E-state index in [0.29, 0.717) is 6.10 Å². The molecule has 0 aromatic heterocycles. The molecule has 0 aliphatic heterocycles. The highest BCUT2D eigenvalue weighted by atomic mass is 16.5. The average molecular weight is 213 g/mol. The molecule has 1 saturated carbocycles. The minimum Gasteiger partial charge on any atom is -0.373 e. The topological polar surface area (TPSA) is 38.3 Å². The van der Waals surface area contributed by atoms with Crippen molar-refractivity contribution in [1.82, 2.24) is 5.32 Å². The van der Waals surface area contributed by atoms with Crippen molar-refractivity contribution in [3.8, 4) is 0 Å². The zero-order valence-corrected chi connectivity index (χ0v) is 10.5. The number of carbonyl (C=O) groups is 1. The first-order valence-electron chi connectivity index (χ1n) is 5.73. The summed E-state index contributed by atoms with van der Waals surface area (Å²) in [6.45, 7) is 9.98. The van der Waals surface area contributed by atoms with Gasteiger partial charge in [-0.25, -0.2) is 0 Å². The van der Waals surface area contributed by atoms with Gasteiger partial charge >= 0.3 is 0 Å². The summed E-state index contributed by atoms with van der Waals surface area (Å²) in [7, 11) is 0. The van der Waals surface area contributed by atoms with Gasteiger partial charge in [-0.2, -0.15) is 0 Å². The number of hydrogen-bond donors (Lipinski definition) is 1. The molecule has 1 rings (SSSR count). The van der Waals surface area contributed by atoms with Gasteiger partial charge in [0.05, 0.1) is 18.2 Å². The van der Waals surface area contributed by atoms with Crippen LogP contribution in [-0.4, -0.2) is 24.2 Å². The van der Waals surface area contributed by atoms with Crippen LogP contribution in [0.5, 0.6) is 0 Å². The van der Waals surface area contributed by atoms with E-state index in [9.17, 15) is 4.79 Å². The summed E-state index contributed by atoms with van der Waals surface area (Å²) in [5.74, 6) is 0.0150. The third-order valence-corrected chi connectivity index (χ3v) is 2.69. The van der Waals surface area contributed by atoms with Crippen molar-refractivity contribution in [3.63, 3.8) is 0 Å². The number of amides is 1. The van der Waals surface area contributed by atoms with Crippen molar-refractivity contribution in [2.75, 3.05) is 0 Å². The van der Waals surface area contributed by atoms with E-state index in [1.807, 2.05) is 6.92 Å². The van der Waals surface area contributed by atoms with Crippen molar-refractivity contribution in [2.45, 2.75) is 65.7 Å². The van der Waals surface area contributed by atoms with E-state index in [1.54, 1.807) is 6.92 Å². The number of rotatable bonds is 4. The molecule has 0 heterocycles. The number of carbonyl (C=O) groups excluding carboxylic acids is 1. The summed E-state index contributed by atoms with van der Waals surface area (Å²) in [5.41, 5.74) is 0.0278. The Bertz CT molecular complexity index is 228. The number of nitrogens with one attached hydrogen (secondary N) is 1. The average Bonchev–Trinajstić information content (AvgIpc) is 2.81. The van der Waals surface area contributed by atoms with Gasteiger partial charge in [-0.15, -0.1) is 0 Å². The lowest BCUT2D eigenvalue weighted by Gasteiger charge is -2.35. The molecule has 88 valence electrons. The van der Waals surface area contributed by atoms with Gasteiger partial charge in [-0.1, -0.05) is 20.8 Å². The van der Waals surface area contributed by atoms with Crippen LogP contribution in [0.25, 0.3) is 0 Å². The molecule has 2 atom stereocenters. The molecule has 1 amide bonds. The molecule has 2 unspecified atom stereocenters. The Labute approximate surface area is 92.6 Å². The summed E-state index contributed by atoms with van der Waals surface area (Å²) in [5, 5.41) is 2.99. The summed E-state index contributed by atoms with van der Waals surface area (Å²) in [4.78, 5) is 11.1. The molecule has 1 N–H and O–H groups in total. The maximum absolute atomic E-state index is 11.1. The van der Waals surface area contributed by atoms with E-state index in [4.69, 9.17) is 4.74 Å². The third-order valence-electron chi connectivity index (χ3n) is 2.69. The highest BCUT2D eigenvalue weighted by Crippen LogP contribution is 2.30. The minimum atomic E-state index is 0.0150. The fourth-order valence-corrected chi connectivity index (χ4v) is 1.84. The first-order valence-corrected chi connectivity index (χ1v) is 5.73. The third kappa shape index (κ3) is 4.20. The van der Waals surface area contributed by atoms with Crippen LogP contribution in [0, 0.1) is 5.41 Å². The molecule has 3 heteroatoms. The van der Waals surface area contributed by atoms with E-state index in [2.05, 4.69) is 26.1 Å². The van der Waals surface area contributed by atoms with E-state index in [0.717, 1.165) is 0 Å². The molecular formula is C12H23NO2. The highest BCUT2D eigenvalue weighted by Gasteiger charge is 2.34. The van der Waals surface area contributed by atoms with E-state index >= 15 is 0 Å². The summed E-state index contributed by atoms with van der Waals surface area (Å²) in [6.07, 6.45) is 2.85. The maximum Gasteiger partial charge on any atom is 0.217 e. The molecule has 0 spiro atoms. The van der Waals surface area contributed by atoms with Crippen molar-refractivity contribution in [2.24, 2.45) is 5.41 Å². The van der Waals surface area contributed by atoms with Gasteiger partial charge < -0.3 is 10.1 Å². The predicted molar refractivity (Wildman–Crippen MR) is 60.6 cm³/mol. The molecule has 0 aromatic carbocycles. The van der Waals surface area contributed by atoms with E-state index in [-0.39, 0.29) is 23.5 Å². The molecule has 0 saturated heterocycles. The van der Waals surface area contributed by atoms with Gasteiger partial charge in [0.25, 0.3) is 0 Å². The minimum absolute atomic E-state index is 0.0150. The molecular weight excluding hydrogens is 190 g/mol. The zero-order chi connectivity index (χ0) is 11.6. The van der Waals surface area contributed by atoms with Gasteiger partial charge in [0.1, 0.15) is 0 Å². The Morgan fingerprint density at radius 1 is 1.40 bits per heavy atom. The van der Waals surface area contributed by atoms with Crippen LogP contribution in [0.4, 0.5) is 0 Å². The van der Waals surface area contributed by atoms with E-state index < -0.39 is 0 Å². The molecule has 1 aliphatic rings. The lowest BCUT2D eigenvalue weighted by molar-refractivity contribution is -0.122. The maximum atomic E-state index is 11.1. The highest BCUT2D eigenvalue weighted by molar-refractivity contribution is 5.73. The molecule has 1 aliphatic carbocycles. The Morgan fingerprint density at radius 3 is 2.27 bits per heavy atom. The van der Waals surface area contributed by atoms with Crippen LogP contribution in [0.2, 0.25) is 0 Å². The lowest BCUT2D eigenvalue weighted by Crippen LogP contribution is -2.50. The lowest BCUT2D eigenvalue weighted by atomic mass is 9.83. The molecule has 15 heavy (non-hydrogen) atoms. The monoisotopic (exact) mass is 213 g/mol. The first-order chi connectivity index (χ1) is 6.80. The second-order valence-electron chi connectivity index (χ2n) is 5.58. The smallest absolute Gasteiger partial charge is 0.217 e. The standard InChI is InChI=1S/C12H23NO2/c1-8(15-10-6-7-10)11(12(3,4)5)13-9(2)14/h8,10-11H,6-7H2,1-5H3,(H,13,14). The van der Waals surface area contributed by atoms with Gasteiger partial charge in [-0.3, -0.25) is 4.79 Å². The van der Waals surface area contributed by atoms with Crippen molar-refractivity contribution in [1.29, 1.82) is 0 Å². The van der Waals surface area contributed by atoms with Gasteiger partial charge in [0, 0.05) is 6.92 Å². The second kappa shape index (κ2) is 4.52. The normalized spacial score (nSPS) is 20.9. The van der Waals surface area contributed by atoms with Gasteiger partial charge in [0.15, 0.2) is 0 Å². The fourth-order valence-electron chi connectivity index (χ4n) is 1.84. The largest absolute Gasteiger partial charge is 0.373 e. The molecule has 3 nitrogen and oxygen atoms in total. The molecule has 0 radical (unpaired) electrons. The first kappa shape index (κ1) is 12.5. The number of hydrogen-bond acceptors (Lipinski definition) is 2. The van der Waals surface area contributed by atoms with Crippen LogP contribution in [-0.2, 0) is 9.53 Å². The SMILES string of the molecule is CC(=O)NC(C(C)OC1CC1)C(C)(C)C. The quantitative estimate of drug-likeness (QED) is 0.776. The van der Waals surface area contributed by atoms with Gasteiger partial charge in [-0.05, 0) is 25.2 Å². The van der Waals surface area contributed by atoms with Crippen LogP contribution in [0.3, 0.4) is 0 Å². The van der Waals surface area contributed by atoms with Crippen LogP contribution in [0.1, 0.15) is 47.5 Å². The summed E-state index contributed by atoms with van der Waals surface area (Å²) in [6, 6.07) is 0.0793. The molecule has 0 bridgehead atoms. The Kier molecular flexibility index (Phi) is 3.77. The predicted octanol–water partition coefficient (Wildman–Crippen LogP) is 2.10. The van der Waals surface area contributed by atoms with Gasteiger partial charge in [0.2, 0.25) is 5.91 Å². The van der Waals surface area contributed by atoms with Crippen molar-refractivity contribution < 1.29 is 9.53 Å². The fraction of sp³-hybridized carbons (Fsp3) is 0.917. The van der Waals surface area contributed by atoms with Crippen molar-refractivity contribution >= 4 is 5.91 Å². The zero-order valence-electron chi connectivity index (χ0n) is 10.5. The Hall–Kier alpha value is -0.570. The number of ether oxygens (including phenoxy) is 1. The summed E-state index contributed by atoms with van der Waals surface area (Å²) < 4.78 is 5.84. The summed E-state index contributed by atoms with van der Waals surface area (Å²) >= 11 is 0. The Balaban J connectivity index is 2.56. The van der Waals surface area contributed by atoms with Crippen LogP contribution >= 0.6 is 0 Å². The molecule has 1 fully saturated rings. The molecule has 0 aromatic rings. The Morgan fingerprint density at radius 2 is 1.93 bits per heavy atom. The van der Waals surface area contributed by atoms with Crippen LogP contribution < -0.4 is 5.32 Å². The van der Waals surface area contributed by atoms with Crippen molar-refractivity contribution in [3.05, 3.63) is 0 Å².